The molecule has 4 aromatic rings. The van der Waals surface area contributed by atoms with Crippen molar-refractivity contribution >= 4 is 29.3 Å². The third-order valence-corrected chi connectivity index (χ3v) is 7.16. The summed E-state index contributed by atoms with van der Waals surface area (Å²) in [6.07, 6.45) is 2.20. The smallest absolute Gasteiger partial charge is 0.255 e. The molecule has 1 amide bonds. The third-order valence-electron chi connectivity index (χ3n) is 6.24. The third kappa shape index (κ3) is 5.75. The summed E-state index contributed by atoms with van der Waals surface area (Å²) >= 11 is 1.63. The lowest BCUT2D eigenvalue weighted by molar-refractivity contribution is -0.113. The molecular weight excluding hydrogens is 494 g/mol. The van der Waals surface area contributed by atoms with E-state index in [0.29, 0.717) is 22.4 Å². The summed E-state index contributed by atoms with van der Waals surface area (Å²) in [5.74, 6) is 2.80. The number of benzene rings is 3. The van der Waals surface area contributed by atoms with Crippen LogP contribution in [0.2, 0.25) is 0 Å². The van der Waals surface area contributed by atoms with Crippen LogP contribution in [0.5, 0.6) is 11.5 Å². The number of allylic oxidation sites excluding steroid dienone is 1. The van der Waals surface area contributed by atoms with Crippen LogP contribution in [0, 0.1) is 6.92 Å². The van der Waals surface area contributed by atoms with Gasteiger partial charge in [0.25, 0.3) is 5.91 Å². The van der Waals surface area contributed by atoms with E-state index in [2.05, 4.69) is 17.6 Å². The van der Waals surface area contributed by atoms with Crippen molar-refractivity contribution in [1.29, 1.82) is 0 Å². The Balaban J connectivity index is 1.53. The van der Waals surface area contributed by atoms with Crippen molar-refractivity contribution in [2.45, 2.75) is 44.8 Å². The molecule has 0 radical (unpaired) electrons. The predicted octanol–water partition coefficient (Wildman–Crippen LogP) is 7.20. The van der Waals surface area contributed by atoms with E-state index < -0.39 is 6.04 Å². The monoisotopic (exact) mass is 525 g/mol. The summed E-state index contributed by atoms with van der Waals surface area (Å²) in [5.41, 5.74) is 4.01. The molecule has 0 spiro atoms. The van der Waals surface area contributed by atoms with Crippen molar-refractivity contribution in [1.82, 2.24) is 14.8 Å². The number of fused-ring (bicyclic) bond motifs is 1. The standard InChI is InChI=1S/C30H31N5O2S/c1-4-5-17-38-30-33-29-31-21(3)26(28(36)32-23-13-9-11-20(2)18-23)27(35(29)34-30)22-12-10-16-25(19-22)37-24-14-7-6-8-15-24/h6-16,18-19,27H,4-5,17H2,1-3H3,(H,32,36)(H,31,33,34). The Hall–Kier alpha value is -4.04. The van der Waals surface area contributed by atoms with Crippen molar-refractivity contribution in [2.75, 3.05) is 16.4 Å². The molecule has 0 fully saturated rings. The first-order valence-corrected chi connectivity index (χ1v) is 13.8. The Morgan fingerprint density at radius 1 is 1.03 bits per heavy atom. The van der Waals surface area contributed by atoms with Crippen molar-refractivity contribution in [3.8, 4) is 11.5 Å². The first-order chi connectivity index (χ1) is 18.5. The van der Waals surface area contributed by atoms with Gasteiger partial charge in [0, 0.05) is 17.1 Å². The molecule has 1 aliphatic rings. The zero-order valence-electron chi connectivity index (χ0n) is 21.8. The van der Waals surface area contributed by atoms with E-state index in [-0.39, 0.29) is 5.91 Å². The molecule has 1 atom stereocenters. The molecule has 3 aromatic carbocycles. The Kier molecular flexibility index (Phi) is 7.79. The van der Waals surface area contributed by atoms with Gasteiger partial charge < -0.3 is 15.4 Å². The zero-order chi connectivity index (χ0) is 26.5. The number of nitrogens with zero attached hydrogens (tertiary/aromatic N) is 3. The topological polar surface area (TPSA) is 81.1 Å². The number of aromatic nitrogens is 3. The van der Waals surface area contributed by atoms with Crippen LogP contribution in [0.25, 0.3) is 0 Å². The number of rotatable bonds is 9. The number of amides is 1. The number of anilines is 2. The van der Waals surface area contributed by atoms with Crippen LogP contribution in [-0.2, 0) is 4.79 Å². The van der Waals surface area contributed by atoms with Gasteiger partial charge in [-0.25, -0.2) is 4.68 Å². The summed E-state index contributed by atoms with van der Waals surface area (Å²) in [5, 5.41) is 11.9. The van der Waals surface area contributed by atoms with Crippen LogP contribution in [0.4, 0.5) is 11.6 Å². The van der Waals surface area contributed by atoms with E-state index >= 15 is 0 Å². The van der Waals surface area contributed by atoms with E-state index in [1.165, 1.54) is 0 Å². The number of thioether (sulfide) groups is 1. The van der Waals surface area contributed by atoms with E-state index in [9.17, 15) is 4.79 Å². The first kappa shape index (κ1) is 25.6. The first-order valence-electron chi connectivity index (χ1n) is 12.8. The van der Waals surface area contributed by atoms with Gasteiger partial charge in [-0.2, -0.15) is 4.98 Å². The Labute approximate surface area is 227 Å². The van der Waals surface area contributed by atoms with Gasteiger partial charge in [0.15, 0.2) is 0 Å². The van der Waals surface area contributed by atoms with Gasteiger partial charge in [-0.3, -0.25) is 4.79 Å². The molecule has 1 aromatic heterocycles. The maximum atomic E-state index is 13.8. The molecule has 2 heterocycles. The summed E-state index contributed by atoms with van der Waals surface area (Å²) in [4.78, 5) is 18.5. The fraction of sp³-hybridized carbons (Fsp3) is 0.233. The Morgan fingerprint density at radius 3 is 2.61 bits per heavy atom. The van der Waals surface area contributed by atoms with Crippen LogP contribution in [-0.4, -0.2) is 26.4 Å². The summed E-state index contributed by atoms with van der Waals surface area (Å²) < 4.78 is 7.93. The van der Waals surface area contributed by atoms with E-state index in [4.69, 9.17) is 14.8 Å². The lowest BCUT2D eigenvalue weighted by Crippen LogP contribution is -2.31. The van der Waals surface area contributed by atoms with Gasteiger partial charge in [-0.15, -0.1) is 5.10 Å². The van der Waals surface area contributed by atoms with Gasteiger partial charge >= 0.3 is 0 Å². The minimum absolute atomic E-state index is 0.193. The molecule has 8 heteroatoms. The molecule has 194 valence electrons. The molecule has 0 bridgehead atoms. The second-order valence-electron chi connectivity index (χ2n) is 9.24. The lowest BCUT2D eigenvalue weighted by Gasteiger charge is -2.29. The van der Waals surface area contributed by atoms with Crippen LogP contribution in [0.1, 0.15) is 43.9 Å². The van der Waals surface area contributed by atoms with Gasteiger partial charge in [-0.05, 0) is 67.8 Å². The van der Waals surface area contributed by atoms with Crippen LogP contribution >= 0.6 is 11.8 Å². The molecule has 0 aliphatic carbocycles. The average molecular weight is 526 g/mol. The molecule has 1 unspecified atom stereocenters. The fourth-order valence-corrected chi connectivity index (χ4v) is 5.31. The van der Waals surface area contributed by atoms with Gasteiger partial charge in [0.1, 0.15) is 17.5 Å². The molecule has 0 saturated carbocycles. The highest BCUT2D eigenvalue weighted by Crippen LogP contribution is 2.38. The molecule has 7 nitrogen and oxygen atoms in total. The van der Waals surface area contributed by atoms with Crippen LogP contribution in [0.15, 0.2) is 95.3 Å². The largest absolute Gasteiger partial charge is 0.457 e. The molecule has 2 N–H and O–H groups in total. The van der Waals surface area contributed by atoms with Gasteiger partial charge in [0.05, 0.1) is 5.57 Å². The molecule has 5 rings (SSSR count). The number of carbonyl (C=O) groups is 1. The highest BCUT2D eigenvalue weighted by molar-refractivity contribution is 7.99. The number of para-hydroxylation sites is 1. The van der Waals surface area contributed by atoms with Gasteiger partial charge in [-0.1, -0.05) is 67.6 Å². The number of unbranched alkanes of at least 4 members (excludes halogenated alkanes) is 1. The number of nitrogens with one attached hydrogen (secondary N) is 2. The van der Waals surface area contributed by atoms with E-state index in [1.54, 1.807) is 11.8 Å². The predicted molar refractivity (Wildman–Crippen MR) is 153 cm³/mol. The number of aryl methyl sites for hydroxylation is 1. The molecule has 1 aliphatic heterocycles. The fourth-order valence-electron chi connectivity index (χ4n) is 4.40. The Bertz CT molecular complexity index is 1460. The van der Waals surface area contributed by atoms with Crippen molar-refractivity contribution in [2.24, 2.45) is 0 Å². The normalized spacial score (nSPS) is 14.6. The summed E-state index contributed by atoms with van der Waals surface area (Å²) in [6, 6.07) is 24.8. The van der Waals surface area contributed by atoms with Crippen molar-refractivity contribution < 1.29 is 9.53 Å². The molecular formula is C30H31N5O2S. The summed E-state index contributed by atoms with van der Waals surface area (Å²) in [6.45, 7) is 6.08. The van der Waals surface area contributed by atoms with Crippen molar-refractivity contribution in [3.05, 3.63) is 101 Å². The number of hydrogen-bond donors (Lipinski definition) is 2. The van der Waals surface area contributed by atoms with Gasteiger partial charge in [0.2, 0.25) is 11.1 Å². The minimum Gasteiger partial charge on any atom is -0.457 e. The second kappa shape index (κ2) is 11.6. The average Bonchev–Trinajstić information content (AvgIpc) is 3.31. The van der Waals surface area contributed by atoms with E-state index in [1.807, 2.05) is 97.4 Å². The van der Waals surface area contributed by atoms with Crippen LogP contribution in [0.3, 0.4) is 0 Å². The van der Waals surface area contributed by atoms with Crippen molar-refractivity contribution in [3.63, 3.8) is 0 Å². The SMILES string of the molecule is CCCCSc1nc2n(n1)C(c1cccc(Oc3ccccc3)c1)C(C(=O)Nc1cccc(C)c1)=C(C)N2. The molecule has 0 saturated heterocycles. The Morgan fingerprint density at radius 2 is 1.82 bits per heavy atom. The minimum atomic E-state index is -0.483. The number of ether oxygens (including phenoxy) is 1. The number of carbonyl (C=O) groups excluding carboxylic acids is 1. The second-order valence-corrected chi connectivity index (χ2v) is 10.3. The number of hydrogen-bond acceptors (Lipinski definition) is 6. The molecule has 38 heavy (non-hydrogen) atoms. The highest BCUT2D eigenvalue weighted by Gasteiger charge is 2.34. The van der Waals surface area contributed by atoms with E-state index in [0.717, 1.165) is 46.9 Å². The lowest BCUT2D eigenvalue weighted by atomic mass is 9.94. The van der Waals surface area contributed by atoms with Crippen LogP contribution < -0.4 is 15.4 Å². The quantitative estimate of drug-likeness (QED) is 0.178. The summed E-state index contributed by atoms with van der Waals surface area (Å²) in [7, 11) is 0. The maximum Gasteiger partial charge on any atom is 0.255 e. The zero-order valence-corrected chi connectivity index (χ0v) is 22.6. The maximum absolute atomic E-state index is 13.8. The highest BCUT2D eigenvalue weighted by atomic mass is 32.2.